The Kier molecular flexibility index (Phi) is 4.14. The normalized spacial score (nSPS) is 23.6. The molecule has 2 aromatic carbocycles. The van der Waals surface area contributed by atoms with Crippen LogP contribution in [-0.2, 0) is 14.4 Å². The van der Waals surface area contributed by atoms with Crippen molar-refractivity contribution in [2.24, 2.45) is 5.92 Å². The van der Waals surface area contributed by atoms with E-state index in [0.717, 1.165) is 16.8 Å². The number of hydrogen-bond acceptors (Lipinski definition) is 5. The third-order valence-electron chi connectivity index (χ3n) is 5.43. The summed E-state index contributed by atoms with van der Waals surface area (Å²) in [5, 5.41) is 1.69. The fraction of sp³-hybridized carbons (Fsp3) is 0.174. The lowest BCUT2D eigenvalue weighted by atomic mass is 9.91. The number of hydrogen-bond donors (Lipinski definition) is 0. The van der Waals surface area contributed by atoms with Gasteiger partial charge in [0.15, 0.2) is 6.10 Å². The third kappa shape index (κ3) is 2.80. The van der Waals surface area contributed by atoms with E-state index in [2.05, 4.69) is 4.98 Å². The van der Waals surface area contributed by atoms with E-state index < -0.39 is 18.1 Å². The van der Waals surface area contributed by atoms with Crippen molar-refractivity contribution in [2.75, 3.05) is 9.96 Å². The fourth-order valence-electron chi connectivity index (χ4n) is 4.13. The van der Waals surface area contributed by atoms with Crippen molar-refractivity contribution in [1.82, 2.24) is 4.98 Å². The van der Waals surface area contributed by atoms with Crippen molar-refractivity contribution in [3.8, 4) is 0 Å². The summed E-state index contributed by atoms with van der Waals surface area (Å²) >= 11 is 0. The molecule has 2 aliphatic heterocycles. The first-order valence-electron chi connectivity index (χ1n) is 9.50. The zero-order valence-electron chi connectivity index (χ0n) is 15.8. The molecule has 3 atom stereocenters. The largest absolute Gasteiger partial charge is 0.273 e. The van der Waals surface area contributed by atoms with Crippen molar-refractivity contribution in [2.45, 2.75) is 19.1 Å². The molecule has 1 aromatic heterocycles. The number of carbonyl (C=O) groups is 2. The molecule has 3 aromatic rings. The highest BCUT2D eigenvalue weighted by Gasteiger charge is 2.60. The monoisotopic (exact) mass is 385 g/mol. The van der Waals surface area contributed by atoms with Crippen LogP contribution in [-0.4, -0.2) is 22.9 Å². The molecule has 6 nitrogen and oxygen atoms in total. The Morgan fingerprint density at radius 3 is 2.31 bits per heavy atom. The second kappa shape index (κ2) is 6.83. The summed E-state index contributed by atoms with van der Waals surface area (Å²) in [5.41, 5.74) is 3.24. The molecule has 6 heteroatoms. The lowest BCUT2D eigenvalue weighted by Crippen LogP contribution is -2.37. The molecule has 2 aliphatic rings. The third-order valence-corrected chi connectivity index (χ3v) is 5.43. The van der Waals surface area contributed by atoms with E-state index in [9.17, 15) is 9.59 Å². The summed E-state index contributed by atoms with van der Waals surface area (Å²) in [7, 11) is 0. The van der Waals surface area contributed by atoms with Gasteiger partial charge in [0, 0.05) is 12.4 Å². The van der Waals surface area contributed by atoms with Crippen LogP contribution in [0, 0.1) is 12.8 Å². The second-order valence-corrected chi connectivity index (χ2v) is 7.29. The van der Waals surface area contributed by atoms with Gasteiger partial charge in [-0.2, -0.15) is 0 Å². The zero-order valence-corrected chi connectivity index (χ0v) is 15.8. The topological polar surface area (TPSA) is 62.7 Å². The number of hydroxylamine groups is 1. The van der Waals surface area contributed by atoms with E-state index in [1.807, 2.05) is 67.6 Å². The van der Waals surface area contributed by atoms with Crippen molar-refractivity contribution in [1.29, 1.82) is 0 Å². The van der Waals surface area contributed by atoms with E-state index in [4.69, 9.17) is 4.84 Å². The fourth-order valence-corrected chi connectivity index (χ4v) is 4.13. The summed E-state index contributed by atoms with van der Waals surface area (Å²) in [6, 6.07) is 20.2. The molecule has 5 rings (SSSR count). The molecule has 0 spiro atoms. The Labute approximate surface area is 168 Å². The van der Waals surface area contributed by atoms with E-state index in [-0.39, 0.29) is 11.8 Å². The predicted molar refractivity (Wildman–Crippen MR) is 108 cm³/mol. The quantitative estimate of drug-likeness (QED) is 0.647. The van der Waals surface area contributed by atoms with Crippen LogP contribution in [0.1, 0.15) is 17.2 Å². The number of nitrogens with zero attached hydrogens (tertiary/aromatic N) is 3. The van der Waals surface area contributed by atoms with Crippen LogP contribution in [0.25, 0.3) is 0 Å². The molecular weight excluding hydrogens is 366 g/mol. The van der Waals surface area contributed by atoms with Gasteiger partial charge in [-0.05, 0) is 54.4 Å². The Morgan fingerprint density at radius 1 is 0.862 bits per heavy atom. The smallest absolute Gasteiger partial charge is 0.266 e. The molecule has 2 amide bonds. The number of aromatic nitrogens is 1. The molecule has 0 radical (unpaired) electrons. The van der Waals surface area contributed by atoms with Crippen LogP contribution < -0.4 is 9.96 Å². The second-order valence-electron chi connectivity index (χ2n) is 7.29. The van der Waals surface area contributed by atoms with Crippen LogP contribution in [0.5, 0.6) is 0 Å². The summed E-state index contributed by atoms with van der Waals surface area (Å²) in [5.74, 6) is -1.21. The van der Waals surface area contributed by atoms with E-state index in [1.54, 1.807) is 23.5 Å². The Balaban J connectivity index is 1.59. The van der Waals surface area contributed by atoms with Gasteiger partial charge in [-0.15, -0.1) is 0 Å². The minimum absolute atomic E-state index is 0.245. The highest BCUT2D eigenvalue weighted by molar-refractivity contribution is 6.23. The van der Waals surface area contributed by atoms with Gasteiger partial charge in [-0.25, -0.2) is 9.96 Å². The van der Waals surface area contributed by atoms with E-state index >= 15 is 0 Å². The van der Waals surface area contributed by atoms with Crippen molar-refractivity contribution < 1.29 is 14.4 Å². The average Bonchev–Trinajstić information content (AvgIpc) is 3.26. The number of benzene rings is 2. The number of fused-ring (bicyclic) bond motifs is 1. The van der Waals surface area contributed by atoms with Crippen molar-refractivity contribution in [3.63, 3.8) is 0 Å². The lowest BCUT2D eigenvalue weighted by molar-refractivity contribution is -0.126. The molecule has 2 saturated heterocycles. The van der Waals surface area contributed by atoms with Gasteiger partial charge in [0.2, 0.25) is 5.91 Å². The van der Waals surface area contributed by atoms with Crippen LogP contribution >= 0.6 is 0 Å². The van der Waals surface area contributed by atoms with E-state index in [0.29, 0.717) is 5.69 Å². The average molecular weight is 385 g/mol. The van der Waals surface area contributed by atoms with Gasteiger partial charge in [0.1, 0.15) is 5.92 Å². The lowest BCUT2D eigenvalue weighted by Gasteiger charge is -2.28. The first kappa shape index (κ1) is 17.6. The van der Waals surface area contributed by atoms with Gasteiger partial charge in [0.25, 0.3) is 5.91 Å². The predicted octanol–water partition coefficient (Wildman–Crippen LogP) is 3.44. The summed E-state index contributed by atoms with van der Waals surface area (Å²) in [6.45, 7) is 1.93. The van der Waals surface area contributed by atoms with E-state index in [1.165, 1.54) is 4.90 Å². The number of para-hydroxylation sites is 1. The maximum absolute atomic E-state index is 13.5. The molecule has 0 bridgehead atoms. The van der Waals surface area contributed by atoms with Gasteiger partial charge < -0.3 is 0 Å². The van der Waals surface area contributed by atoms with Crippen LogP contribution in [0.15, 0.2) is 79.1 Å². The van der Waals surface area contributed by atoms with Crippen LogP contribution in [0.3, 0.4) is 0 Å². The summed E-state index contributed by atoms with van der Waals surface area (Å²) in [6.07, 6.45) is 2.51. The number of imide groups is 1. The first-order valence-corrected chi connectivity index (χ1v) is 9.50. The highest BCUT2D eigenvalue weighted by Crippen LogP contribution is 2.47. The molecule has 29 heavy (non-hydrogen) atoms. The molecule has 0 saturated carbocycles. The number of amides is 2. The number of aryl methyl sites for hydroxylation is 1. The molecule has 0 N–H and O–H groups in total. The summed E-state index contributed by atoms with van der Waals surface area (Å²) in [4.78, 5) is 38.1. The van der Waals surface area contributed by atoms with Gasteiger partial charge in [-0.1, -0.05) is 30.3 Å². The first-order chi connectivity index (χ1) is 14.1. The van der Waals surface area contributed by atoms with Gasteiger partial charge in [0.05, 0.1) is 17.4 Å². The zero-order chi connectivity index (χ0) is 20.0. The van der Waals surface area contributed by atoms with Crippen LogP contribution in [0.4, 0.5) is 11.4 Å². The molecule has 144 valence electrons. The molecule has 0 aliphatic carbocycles. The maximum atomic E-state index is 13.5. The SMILES string of the molecule is Cc1cccc(N2C(=O)[C@H]3[C@H](ON(c4ccccc4)[C@H]3c3ccncc3)C2=O)c1. The van der Waals surface area contributed by atoms with Gasteiger partial charge in [-0.3, -0.25) is 19.4 Å². The Bertz CT molecular complexity index is 1070. The number of pyridine rings is 1. The van der Waals surface area contributed by atoms with Gasteiger partial charge >= 0.3 is 0 Å². The molecule has 2 fully saturated rings. The Morgan fingerprint density at radius 2 is 1.59 bits per heavy atom. The van der Waals surface area contributed by atoms with Crippen molar-refractivity contribution >= 4 is 23.2 Å². The molecule has 0 unspecified atom stereocenters. The highest BCUT2D eigenvalue weighted by atomic mass is 16.7. The number of rotatable bonds is 3. The maximum Gasteiger partial charge on any atom is 0.266 e. The molecular formula is C23H19N3O3. The number of anilines is 2. The minimum Gasteiger partial charge on any atom is -0.273 e. The number of carbonyl (C=O) groups excluding carboxylic acids is 2. The Hall–Kier alpha value is -3.51. The summed E-state index contributed by atoms with van der Waals surface area (Å²) < 4.78 is 0. The van der Waals surface area contributed by atoms with Crippen LogP contribution in [0.2, 0.25) is 0 Å². The molecule has 3 heterocycles. The standard InChI is InChI=1S/C23H19N3O3/c1-15-6-5-9-18(14-15)25-22(27)19-20(16-10-12-24-13-11-16)26(29-21(19)23(25)28)17-7-3-2-4-8-17/h2-14,19-21H,1H3/t19-,20+,21+/m1/s1. The van der Waals surface area contributed by atoms with Crippen molar-refractivity contribution in [3.05, 3.63) is 90.3 Å². The minimum atomic E-state index is -0.860.